The van der Waals surface area contributed by atoms with E-state index in [2.05, 4.69) is 15.6 Å². The smallest absolute Gasteiger partial charge is 0.290 e. The zero-order valence-electron chi connectivity index (χ0n) is 19.6. The van der Waals surface area contributed by atoms with Crippen molar-refractivity contribution in [3.8, 4) is 11.1 Å². The summed E-state index contributed by atoms with van der Waals surface area (Å²) < 4.78 is 0. The maximum atomic E-state index is 13.1. The minimum Gasteiger partial charge on any atom is -0.483 e. The van der Waals surface area contributed by atoms with Gasteiger partial charge in [-0.25, -0.2) is 0 Å². The van der Waals surface area contributed by atoms with Crippen molar-refractivity contribution in [2.24, 2.45) is 5.92 Å². The number of carbonyl (C=O) groups is 3. The number of likely N-dealkylation sites (N-methyl/N-ethyl adjacent to an activating group) is 1. The molecule has 1 heterocycles. The molecular formula is C25H34N4O4. The Hall–Kier alpha value is -3.26. The summed E-state index contributed by atoms with van der Waals surface area (Å²) in [6.07, 6.45) is 5.78. The van der Waals surface area contributed by atoms with Gasteiger partial charge in [0.15, 0.2) is 0 Å². The highest BCUT2D eigenvalue weighted by atomic mass is 16.3. The number of nitrogens with one attached hydrogen (secondary N) is 2. The fourth-order valence-corrected chi connectivity index (χ4v) is 4.20. The van der Waals surface area contributed by atoms with E-state index >= 15 is 0 Å². The van der Waals surface area contributed by atoms with Crippen molar-refractivity contribution in [3.63, 3.8) is 0 Å². The molecule has 1 fully saturated rings. The molecule has 1 saturated carbocycles. The van der Waals surface area contributed by atoms with E-state index in [0.29, 0.717) is 24.6 Å². The van der Waals surface area contributed by atoms with Crippen LogP contribution in [0, 0.1) is 12.8 Å². The number of carbonyl (C=O) groups excluding carboxylic acids is 2. The van der Waals surface area contributed by atoms with Gasteiger partial charge in [-0.05, 0) is 63.4 Å². The highest BCUT2D eigenvalue weighted by Crippen LogP contribution is 2.26. The monoisotopic (exact) mass is 454 g/mol. The van der Waals surface area contributed by atoms with Gasteiger partial charge in [0.05, 0.1) is 17.8 Å². The third-order valence-electron chi connectivity index (χ3n) is 5.61. The molecule has 2 amide bonds. The Morgan fingerprint density at radius 2 is 1.88 bits per heavy atom. The lowest BCUT2D eigenvalue weighted by Crippen LogP contribution is -2.44. The van der Waals surface area contributed by atoms with Crippen LogP contribution in [0.15, 0.2) is 42.6 Å². The molecule has 0 saturated heterocycles. The van der Waals surface area contributed by atoms with Crippen LogP contribution >= 0.6 is 0 Å². The summed E-state index contributed by atoms with van der Waals surface area (Å²) in [6.45, 7) is 2.64. The van der Waals surface area contributed by atoms with Crippen molar-refractivity contribution in [1.29, 1.82) is 0 Å². The van der Waals surface area contributed by atoms with E-state index < -0.39 is 0 Å². The largest absolute Gasteiger partial charge is 0.483 e. The quantitative estimate of drug-likeness (QED) is 0.555. The number of nitrogens with zero attached hydrogens (tertiary/aromatic N) is 2. The minimum absolute atomic E-state index is 0.0631. The maximum Gasteiger partial charge on any atom is 0.290 e. The number of hydrogen-bond acceptors (Lipinski definition) is 5. The number of benzene rings is 1. The van der Waals surface area contributed by atoms with Crippen LogP contribution in [-0.4, -0.2) is 66.5 Å². The predicted molar refractivity (Wildman–Crippen MR) is 128 cm³/mol. The van der Waals surface area contributed by atoms with Gasteiger partial charge < -0.3 is 20.6 Å². The fourth-order valence-electron chi connectivity index (χ4n) is 4.20. The van der Waals surface area contributed by atoms with Crippen LogP contribution in [0.3, 0.4) is 0 Å². The van der Waals surface area contributed by atoms with Gasteiger partial charge in [0.2, 0.25) is 5.91 Å². The van der Waals surface area contributed by atoms with Crippen molar-refractivity contribution < 1.29 is 19.5 Å². The summed E-state index contributed by atoms with van der Waals surface area (Å²) in [4.78, 5) is 39.7. The Bertz CT molecular complexity index is 918. The molecule has 1 aliphatic carbocycles. The first kappa shape index (κ1) is 26.0. The Morgan fingerprint density at radius 3 is 2.55 bits per heavy atom. The lowest BCUT2D eigenvalue weighted by molar-refractivity contribution is -0.123. The van der Waals surface area contributed by atoms with Crippen molar-refractivity contribution in [2.75, 3.05) is 27.2 Å². The fraction of sp³-hybridized carbons (Fsp3) is 0.440. The van der Waals surface area contributed by atoms with Crippen molar-refractivity contribution >= 4 is 18.3 Å². The summed E-state index contributed by atoms with van der Waals surface area (Å²) in [7, 11) is 3.78. The first-order valence-corrected chi connectivity index (χ1v) is 11.2. The van der Waals surface area contributed by atoms with Gasteiger partial charge >= 0.3 is 0 Å². The van der Waals surface area contributed by atoms with Crippen LogP contribution in [0.4, 0.5) is 0 Å². The molecule has 1 aliphatic rings. The van der Waals surface area contributed by atoms with Crippen molar-refractivity contribution in [2.45, 2.75) is 38.6 Å². The first-order chi connectivity index (χ1) is 15.8. The van der Waals surface area contributed by atoms with Crippen LogP contribution in [0.25, 0.3) is 11.1 Å². The lowest BCUT2D eigenvalue weighted by atomic mass is 9.85. The highest BCUT2D eigenvalue weighted by Gasteiger charge is 2.24. The molecule has 0 spiro atoms. The molecule has 0 aliphatic heterocycles. The van der Waals surface area contributed by atoms with E-state index in [-0.39, 0.29) is 24.3 Å². The van der Waals surface area contributed by atoms with Crippen molar-refractivity contribution in [1.82, 2.24) is 20.5 Å². The first-order valence-electron chi connectivity index (χ1n) is 11.2. The average Bonchev–Trinajstić information content (AvgIpc) is 2.78. The van der Waals surface area contributed by atoms with Gasteiger partial charge in [0.25, 0.3) is 12.4 Å². The third-order valence-corrected chi connectivity index (χ3v) is 5.61. The molecule has 1 aromatic carbocycles. The second-order valence-electron chi connectivity index (χ2n) is 8.54. The topological polar surface area (TPSA) is 112 Å². The molecule has 0 unspecified atom stereocenters. The summed E-state index contributed by atoms with van der Waals surface area (Å²) >= 11 is 0. The summed E-state index contributed by atoms with van der Waals surface area (Å²) in [5, 5.41) is 13.2. The molecule has 0 bridgehead atoms. The highest BCUT2D eigenvalue weighted by molar-refractivity contribution is 6.01. The van der Waals surface area contributed by atoms with Crippen molar-refractivity contribution in [3.05, 3.63) is 53.9 Å². The predicted octanol–water partition coefficient (Wildman–Crippen LogP) is 2.72. The van der Waals surface area contributed by atoms with Crippen LogP contribution in [0.1, 0.15) is 41.7 Å². The molecule has 3 rings (SSSR count). The molecule has 3 N–H and O–H groups in total. The third kappa shape index (κ3) is 8.31. The van der Waals surface area contributed by atoms with Crippen LogP contribution in [-0.2, 0) is 9.59 Å². The molecule has 0 radical (unpaired) electrons. The Balaban J connectivity index is 0.00000122. The molecule has 8 heteroatoms. The summed E-state index contributed by atoms with van der Waals surface area (Å²) in [5.41, 5.74) is 3.27. The van der Waals surface area contributed by atoms with Crippen LogP contribution in [0.2, 0.25) is 0 Å². The molecule has 2 atom stereocenters. The van der Waals surface area contributed by atoms with Gasteiger partial charge in [-0.2, -0.15) is 0 Å². The molecule has 178 valence electrons. The molecule has 2 aromatic rings. The zero-order valence-corrected chi connectivity index (χ0v) is 19.6. The van der Waals surface area contributed by atoms with E-state index in [0.717, 1.165) is 42.5 Å². The number of hydrogen-bond donors (Lipinski definition) is 3. The summed E-state index contributed by atoms with van der Waals surface area (Å²) in [5.74, 6) is 0.343. The van der Waals surface area contributed by atoms with Gasteiger partial charge in [-0.15, -0.1) is 0 Å². The van der Waals surface area contributed by atoms with E-state index in [1.165, 1.54) is 0 Å². The number of carboxylic acid groups (broad SMARTS) is 1. The minimum atomic E-state index is -0.250. The Morgan fingerprint density at radius 1 is 1.18 bits per heavy atom. The number of rotatable bonds is 7. The molecule has 8 nitrogen and oxygen atoms in total. The number of aryl methyl sites for hydroxylation is 1. The molecule has 33 heavy (non-hydrogen) atoms. The SMILES string of the molecule is Cc1nccc(-c2ccccc2)c1C(=O)NC[C@@H]1CCC[C@H](NC(=O)CN(C)C)C1.O=CO. The second kappa shape index (κ2) is 13.3. The zero-order chi connectivity index (χ0) is 24.2. The van der Waals surface area contributed by atoms with E-state index in [1.54, 1.807) is 6.20 Å². The molecule has 1 aromatic heterocycles. The number of pyridine rings is 1. The summed E-state index contributed by atoms with van der Waals surface area (Å²) in [6, 6.07) is 12.0. The maximum absolute atomic E-state index is 13.1. The number of aromatic nitrogens is 1. The Labute approximate surface area is 195 Å². The van der Waals surface area contributed by atoms with E-state index in [4.69, 9.17) is 9.90 Å². The second-order valence-corrected chi connectivity index (χ2v) is 8.54. The van der Waals surface area contributed by atoms with Gasteiger partial charge in [-0.3, -0.25) is 19.4 Å². The average molecular weight is 455 g/mol. The Kier molecular flexibility index (Phi) is 10.5. The van der Waals surface area contributed by atoms with Crippen LogP contribution in [0.5, 0.6) is 0 Å². The van der Waals surface area contributed by atoms with Gasteiger partial charge in [-0.1, -0.05) is 36.8 Å². The standard InChI is InChI=1S/C24H32N4O2.CH2O2/c1-17-23(21(12-13-25-17)19-9-5-4-6-10-19)24(30)26-15-18-8-7-11-20(14-18)27-22(29)16-28(2)3;2-1-3/h4-6,9-10,12-13,18,20H,7-8,11,14-16H2,1-3H3,(H,26,30)(H,27,29);1H,(H,2,3)/t18-,20+;/m1./s1. The van der Waals surface area contributed by atoms with E-state index in [1.807, 2.05) is 62.3 Å². The van der Waals surface area contributed by atoms with Crippen LogP contribution < -0.4 is 10.6 Å². The number of amides is 2. The lowest BCUT2D eigenvalue weighted by Gasteiger charge is -2.30. The molecular weight excluding hydrogens is 420 g/mol. The van der Waals surface area contributed by atoms with Gasteiger partial charge in [0.1, 0.15) is 0 Å². The van der Waals surface area contributed by atoms with Gasteiger partial charge in [0, 0.05) is 18.8 Å². The van der Waals surface area contributed by atoms with E-state index in [9.17, 15) is 9.59 Å². The normalized spacial score (nSPS) is 17.5.